The second kappa shape index (κ2) is 5.23. The first-order valence-electron chi connectivity index (χ1n) is 7.36. The molecule has 5 nitrogen and oxygen atoms in total. The van der Waals surface area contributed by atoms with Gasteiger partial charge in [-0.3, -0.25) is 9.69 Å². The molecule has 2 aliphatic rings. The van der Waals surface area contributed by atoms with Crippen molar-refractivity contribution >= 4 is 5.90 Å². The second-order valence-electron chi connectivity index (χ2n) is 5.46. The first-order chi connectivity index (χ1) is 9.28. The van der Waals surface area contributed by atoms with Crippen molar-refractivity contribution in [3.63, 3.8) is 0 Å². The summed E-state index contributed by atoms with van der Waals surface area (Å²) < 4.78 is 1.80. The second-order valence-corrected chi connectivity index (χ2v) is 5.46. The summed E-state index contributed by atoms with van der Waals surface area (Å²) in [6.45, 7) is 4.55. The molecule has 1 saturated carbocycles. The smallest absolute Gasteiger partial charge is 0.0738 e. The third kappa shape index (κ3) is 2.74. The molecule has 0 atom stereocenters. The number of hydrogen-bond donors (Lipinski definition) is 0. The van der Waals surface area contributed by atoms with Crippen LogP contribution in [-0.2, 0) is 6.54 Å². The highest BCUT2D eigenvalue weighted by molar-refractivity contribution is 5.88. The van der Waals surface area contributed by atoms with Crippen LogP contribution < -0.4 is 5.11 Å². The Morgan fingerprint density at radius 2 is 2.11 bits per heavy atom. The number of rotatable bonds is 4. The summed E-state index contributed by atoms with van der Waals surface area (Å²) in [6.07, 6.45) is 5.93. The van der Waals surface area contributed by atoms with Crippen LogP contribution in [0, 0.1) is 0 Å². The van der Waals surface area contributed by atoms with Crippen molar-refractivity contribution in [1.82, 2.24) is 14.8 Å². The third-order valence-corrected chi connectivity index (χ3v) is 3.88. The summed E-state index contributed by atoms with van der Waals surface area (Å²) in [6, 6.07) is 1.94. The van der Waals surface area contributed by atoms with E-state index in [0.717, 1.165) is 38.2 Å². The largest absolute Gasteiger partial charge is 0.856 e. The minimum Gasteiger partial charge on any atom is -0.856 e. The lowest BCUT2D eigenvalue weighted by atomic mass is 10.2. The van der Waals surface area contributed by atoms with Crippen LogP contribution in [0.15, 0.2) is 11.2 Å². The van der Waals surface area contributed by atoms with E-state index in [4.69, 9.17) is 0 Å². The molecule has 1 aliphatic carbocycles. The zero-order chi connectivity index (χ0) is 13.2. The first kappa shape index (κ1) is 12.5. The van der Waals surface area contributed by atoms with Crippen LogP contribution in [-0.4, -0.2) is 33.8 Å². The fraction of sp³-hybridized carbons (Fsp3) is 0.714. The summed E-state index contributed by atoms with van der Waals surface area (Å²) >= 11 is 0. The normalized spacial score (nSPS) is 20.9. The highest BCUT2D eigenvalue weighted by Gasteiger charge is 2.27. The molecule has 0 unspecified atom stereocenters. The van der Waals surface area contributed by atoms with E-state index >= 15 is 0 Å². The molecule has 1 aromatic rings. The minimum absolute atomic E-state index is 0.136. The number of nitrogens with zero attached hydrogens (tertiary/aromatic N) is 4. The van der Waals surface area contributed by atoms with E-state index in [2.05, 4.69) is 10.2 Å². The Bertz CT molecular complexity index is 470. The van der Waals surface area contributed by atoms with Gasteiger partial charge in [-0.15, -0.1) is 0 Å². The molecule has 0 amide bonds. The SMILES string of the molecule is CCn1nc(C2CC2)cc1/C([O-])=N/N1CCCCC1. The van der Waals surface area contributed by atoms with Gasteiger partial charge in [0.15, 0.2) is 0 Å². The van der Waals surface area contributed by atoms with Crippen molar-refractivity contribution in [1.29, 1.82) is 0 Å². The number of aromatic nitrogens is 2. The molecule has 0 radical (unpaired) electrons. The Kier molecular flexibility index (Phi) is 3.44. The van der Waals surface area contributed by atoms with Crippen molar-refractivity contribution in [2.45, 2.75) is 51.5 Å². The van der Waals surface area contributed by atoms with Gasteiger partial charge in [0, 0.05) is 31.4 Å². The van der Waals surface area contributed by atoms with Gasteiger partial charge in [0.25, 0.3) is 0 Å². The topological polar surface area (TPSA) is 56.5 Å². The highest BCUT2D eigenvalue weighted by atomic mass is 16.3. The lowest BCUT2D eigenvalue weighted by Gasteiger charge is -2.26. The van der Waals surface area contributed by atoms with Gasteiger partial charge in [0.1, 0.15) is 0 Å². The molecular weight excluding hydrogens is 240 g/mol. The van der Waals surface area contributed by atoms with Crippen LogP contribution in [0.1, 0.15) is 56.3 Å². The van der Waals surface area contributed by atoms with Crippen LogP contribution in [0.5, 0.6) is 0 Å². The number of hydrogen-bond acceptors (Lipinski definition) is 4. The number of hydrazone groups is 1. The fourth-order valence-corrected chi connectivity index (χ4v) is 2.59. The lowest BCUT2D eigenvalue weighted by Crippen LogP contribution is -2.31. The zero-order valence-corrected chi connectivity index (χ0v) is 11.5. The van der Waals surface area contributed by atoms with E-state index in [1.807, 2.05) is 18.0 Å². The predicted molar refractivity (Wildman–Crippen MR) is 71.8 cm³/mol. The van der Waals surface area contributed by atoms with Gasteiger partial charge in [0.2, 0.25) is 0 Å². The fourth-order valence-electron chi connectivity index (χ4n) is 2.59. The summed E-state index contributed by atoms with van der Waals surface area (Å²) in [4.78, 5) is 0. The molecule has 0 bridgehead atoms. The summed E-state index contributed by atoms with van der Waals surface area (Å²) in [5, 5.41) is 23.0. The standard InChI is InChI=1S/C14H22N4O/c1-2-18-13(10-12(15-18)11-6-7-11)14(19)16-17-8-4-3-5-9-17/h10-11H,2-9H2,1H3,(H,16,19)/p-1. The average Bonchev–Trinajstić information content (AvgIpc) is 3.19. The molecule has 2 fully saturated rings. The molecule has 1 saturated heterocycles. The summed E-state index contributed by atoms with van der Waals surface area (Å²) in [7, 11) is 0. The molecule has 1 aliphatic heterocycles. The summed E-state index contributed by atoms with van der Waals surface area (Å²) in [5.41, 5.74) is 1.72. The average molecular weight is 261 g/mol. The Labute approximate surface area is 113 Å². The molecule has 0 N–H and O–H groups in total. The maximum Gasteiger partial charge on any atom is 0.0738 e. The Morgan fingerprint density at radius 1 is 1.37 bits per heavy atom. The van der Waals surface area contributed by atoms with E-state index in [9.17, 15) is 5.11 Å². The number of piperidine rings is 1. The third-order valence-electron chi connectivity index (χ3n) is 3.88. The van der Waals surface area contributed by atoms with E-state index < -0.39 is 0 Å². The molecule has 104 valence electrons. The van der Waals surface area contributed by atoms with E-state index in [0.29, 0.717) is 11.6 Å². The van der Waals surface area contributed by atoms with Crippen molar-refractivity contribution < 1.29 is 5.11 Å². The van der Waals surface area contributed by atoms with Crippen LogP contribution in [0.2, 0.25) is 0 Å². The maximum absolute atomic E-state index is 12.3. The summed E-state index contributed by atoms with van der Waals surface area (Å²) in [5.74, 6) is 0.442. The van der Waals surface area contributed by atoms with E-state index in [-0.39, 0.29) is 5.90 Å². The van der Waals surface area contributed by atoms with E-state index in [1.165, 1.54) is 19.3 Å². The van der Waals surface area contributed by atoms with E-state index in [1.54, 1.807) is 4.68 Å². The molecular formula is C14H21N4O-. The molecule has 2 heterocycles. The van der Waals surface area contributed by atoms with Gasteiger partial charge in [-0.05, 0) is 45.1 Å². The molecule has 0 spiro atoms. The lowest BCUT2D eigenvalue weighted by molar-refractivity contribution is -0.216. The van der Waals surface area contributed by atoms with Crippen molar-refractivity contribution in [2.24, 2.45) is 5.10 Å². The van der Waals surface area contributed by atoms with Gasteiger partial charge in [-0.25, -0.2) is 0 Å². The molecule has 19 heavy (non-hydrogen) atoms. The van der Waals surface area contributed by atoms with Crippen molar-refractivity contribution in [3.8, 4) is 0 Å². The predicted octanol–water partition coefficient (Wildman–Crippen LogP) is 1.29. The van der Waals surface area contributed by atoms with Crippen molar-refractivity contribution in [3.05, 3.63) is 17.5 Å². The molecule has 1 aromatic heterocycles. The maximum atomic E-state index is 12.3. The zero-order valence-electron chi connectivity index (χ0n) is 11.5. The molecule has 5 heteroatoms. The van der Waals surface area contributed by atoms with Crippen molar-refractivity contribution in [2.75, 3.05) is 13.1 Å². The highest BCUT2D eigenvalue weighted by Crippen LogP contribution is 2.39. The van der Waals surface area contributed by atoms with Gasteiger partial charge >= 0.3 is 0 Å². The van der Waals surface area contributed by atoms with Crippen LogP contribution >= 0.6 is 0 Å². The monoisotopic (exact) mass is 261 g/mol. The Hall–Kier alpha value is -1.52. The van der Waals surface area contributed by atoms with Gasteiger partial charge in [-0.1, -0.05) is 0 Å². The van der Waals surface area contributed by atoms with Gasteiger partial charge < -0.3 is 5.11 Å². The Balaban J connectivity index is 1.80. The molecule has 3 rings (SSSR count). The first-order valence-corrected chi connectivity index (χ1v) is 7.36. The van der Waals surface area contributed by atoms with Gasteiger partial charge in [0.05, 0.1) is 11.4 Å². The van der Waals surface area contributed by atoms with Crippen LogP contribution in [0.4, 0.5) is 0 Å². The molecule has 0 aromatic carbocycles. The quantitative estimate of drug-likeness (QED) is 0.606. The minimum atomic E-state index is -0.136. The van der Waals surface area contributed by atoms with Gasteiger partial charge in [-0.2, -0.15) is 10.2 Å². The Morgan fingerprint density at radius 3 is 2.74 bits per heavy atom. The van der Waals surface area contributed by atoms with Crippen LogP contribution in [0.25, 0.3) is 0 Å². The van der Waals surface area contributed by atoms with Crippen LogP contribution in [0.3, 0.4) is 0 Å². The number of aryl methyl sites for hydroxylation is 1.